The SMILES string of the molecule is Cl.O=C(O)C1Cc2ncn(Cc3ccccc3)c2CN1C(=O)C=Cc1ccccc1. The average molecular weight is 424 g/mol. The Morgan fingerprint density at radius 1 is 1.07 bits per heavy atom. The van der Waals surface area contributed by atoms with Crippen molar-refractivity contribution in [2.75, 3.05) is 0 Å². The van der Waals surface area contributed by atoms with Crippen molar-refractivity contribution in [1.82, 2.24) is 14.5 Å². The van der Waals surface area contributed by atoms with Crippen LogP contribution in [-0.2, 0) is 29.1 Å². The Balaban J connectivity index is 0.00000256. The molecule has 0 saturated carbocycles. The standard InChI is InChI=1S/C23H21N3O3.ClH/c27-22(12-11-17-7-3-1-4-8-17)26-15-21-19(13-20(26)23(28)29)24-16-25(21)14-18-9-5-2-6-10-18;/h1-12,16,20H,13-15H2,(H,28,29);1H. The highest BCUT2D eigenvalue weighted by molar-refractivity contribution is 5.94. The van der Waals surface area contributed by atoms with Crippen molar-refractivity contribution in [3.63, 3.8) is 0 Å². The molecule has 2 aromatic carbocycles. The number of fused-ring (bicyclic) bond motifs is 1. The molecule has 2 heterocycles. The molecule has 1 aliphatic rings. The smallest absolute Gasteiger partial charge is 0.326 e. The van der Waals surface area contributed by atoms with Gasteiger partial charge in [0.1, 0.15) is 6.04 Å². The third-order valence-corrected chi connectivity index (χ3v) is 5.10. The molecule has 1 atom stereocenters. The fourth-order valence-electron chi connectivity index (χ4n) is 3.56. The number of halogens is 1. The number of aliphatic carboxylic acids is 1. The lowest BCUT2D eigenvalue weighted by molar-refractivity contribution is -0.149. The van der Waals surface area contributed by atoms with Crippen molar-refractivity contribution < 1.29 is 14.7 Å². The summed E-state index contributed by atoms with van der Waals surface area (Å²) in [6.07, 6.45) is 5.08. The van der Waals surface area contributed by atoms with Crippen LogP contribution < -0.4 is 0 Å². The third-order valence-electron chi connectivity index (χ3n) is 5.10. The molecule has 154 valence electrons. The molecular formula is C23H22ClN3O3. The maximum absolute atomic E-state index is 12.8. The van der Waals surface area contributed by atoms with Gasteiger partial charge in [0.2, 0.25) is 5.91 Å². The first-order valence-corrected chi connectivity index (χ1v) is 9.45. The van der Waals surface area contributed by atoms with E-state index in [0.717, 1.165) is 22.5 Å². The number of rotatable bonds is 5. The Bertz CT molecular complexity index is 1050. The van der Waals surface area contributed by atoms with Crippen molar-refractivity contribution in [1.29, 1.82) is 0 Å². The summed E-state index contributed by atoms with van der Waals surface area (Å²) in [5, 5.41) is 9.66. The van der Waals surface area contributed by atoms with Crippen LogP contribution in [0.3, 0.4) is 0 Å². The van der Waals surface area contributed by atoms with Gasteiger partial charge in [-0.25, -0.2) is 9.78 Å². The zero-order valence-electron chi connectivity index (χ0n) is 16.2. The molecule has 0 aliphatic carbocycles. The van der Waals surface area contributed by atoms with Gasteiger partial charge in [0, 0.05) is 19.0 Å². The highest BCUT2D eigenvalue weighted by Crippen LogP contribution is 2.24. The minimum absolute atomic E-state index is 0. The van der Waals surface area contributed by atoms with Gasteiger partial charge in [-0.2, -0.15) is 0 Å². The van der Waals surface area contributed by atoms with E-state index in [1.807, 2.05) is 65.2 Å². The number of carbonyl (C=O) groups excluding carboxylic acids is 1. The summed E-state index contributed by atoms with van der Waals surface area (Å²) in [7, 11) is 0. The number of carbonyl (C=O) groups is 2. The highest BCUT2D eigenvalue weighted by atomic mass is 35.5. The summed E-state index contributed by atoms with van der Waals surface area (Å²) < 4.78 is 1.99. The molecule has 0 radical (unpaired) electrons. The fourth-order valence-corrected chi connectivity index (χ4v) is 3.56. The van der Waals surface area contributed by atoms with E-state index in [-0.39, 0.29) is 31.3 Å². The first kappa shape index (κ1) is 21.3. The fraction of sp³-hybridized carbons (Fsp3) is 0.174. The summed E-state index contributed by atoms with van der Waals surface area (Å²) in [5.74, 6) is -1.34. The number of aromatic nitrogens is 2. The van der Waals surface area contributed by atoms with Crippen LogP contribution in [0.5, 0.6) is 0 Å². The molecule has 0 fully saturated rings. The van der Waals surface area contributed by atoms with Gasteiger partial charge in [-0.05, 0) is 17.2 Å². The van der Waals surface area contributed by atoms with Crippen LogP contribution in [-0.4, -0.2) is 37.5 Å². The Morgan fingerprint density at radius 3 is 2.40 bits per heavy atom. The second-order valence-corrected chi connectivity index (χ2v) is 7.02. The lowest BCUT2D eigenvalue weighted by Gasteiger charge is -2.32. The number of hydrogen-bond donors (Lipinski definition) is 1. The summed E-state index contributed by atoms with van der Waals surface area (Å²) in [5.41, 5.74) is 3.63. The molecule has 1 unspecified atom stereocenters. The summed E-state index contributed by atoms with van der Waals surface area (Å²) in [4.78, 5) is 30.5. The lowest BCUT2D eigenvalue weighted by Crippen LogP contribution is -2.48. The second-order valence-electron chi connectivity index (χ2n) is 7.02. The topological polar surface area (TPSA) is 75.4 Å². The van der Waals surface area contributed by atoms with E-state index in [0.29, 0.717) is 6.54 Å². The monoisotopic (exact) mass is 423 g/mol. The molecule has 0 spiro atoms. The molecule has 30 heavy (non-hydrogen) atoms. The molecule has 6 nitrogen and oxygen atoms in total. The normalized spacial score (nSPS) is 15.5. The van der Waals surface area contributed by atoms with E-state index in [2.05, 4.69) is 4.98 Å². The van der Waals surface area contributed by atoms with Gasteiger partial charge in [0.15, 0.2) is 0 Å². The van der Waals surface area contributed by atoms with E-state index >= 15 is 0 Å². The van der Waals surface area contributed by atoms with Gasteiger partial charge in [-0.15, -0.1) is 12.4 Å². The van der Waals surface area contributed by atoms with E-state index < -0.39 is 12.0 Å². The number of hydrogen-bond acceptors (Lipinski definition) is 3. The van der Waals surface area contributed by atoms with Gasteiger partial charge in [0.05, 0.1) is 24.3 Å². The van der Waals surface area contributed by atoms with E-state index in [4.69, 9.17) is 0 Å². The molecule has 1 N–H and O–H groups in total. The Hall–Kier alpha value is -3.38. The summed E-state index contributed by atoms with van der Waals surface area (Å²) in [6.45, 7) is 0.847. The van der Waals surface area contributed by atoms with Gasteiger partial charge in [-0.3, -0.25) is 4.79 Å². The molecule has 7 heteroatoms. The van der Waals surface area contributed by atoms with Gasteiger partial charge >= 0.3 is 5.97 Å². The van der Waals surface area contributed by atoms with E-state index in [1.165, 1.54) is 11.0 Å². The van der Waals surface area contributed by atoms with Crippen molar-refractivity contribution in [2.24, 2.45) is 0 Å². The van der Waals surface area contributed by atoms with Crippen molar-refractivity contribution in [3.05, 3.63) is 95.6 Å². The number of imidazole rings is 1. The second kappa shape index (κ2) is 9.41. The maximum Gasteiger partial charge on any atom is 0.326 e. The average Bonchev–Trinajstić information content (AvgIpc) is 3.14. The Labute approximate surface area is 180 Å². The molecule has 4 rings (SSSR count). The van der Waals surface area contributed by atoms with Gasteiger partial charge in [-0.1, -0.05) is 60.7 Å². The van der Waals surface area contributed by atoms with Crippen molar-refractivity contribution in [2.45, 2.75) is 25.6 Å². The molecule has 3 aromatic rings. The number of benzene rings is 2. The van der Waals surface area contributed by atoms with Crippen LogP contribution in [0.1, 0.15) is 22.5 Å². The number of nitrogens with zero attached hydrogens (tertiary/aromatic N) is 3. The summed E-state index contributed by atoms with van der Waals surface area (Å²) in [6, 6.07) is 18.5. The van der Waals surface area contributed by atoms with Crippen LogP contribution >= 0.6 is 12.4 Å². The van der Waals surface area contributed by atoms with Crippen LogP contribution in [0.4, 0.5) is 0 Å². The van der Waals surface area contributed by atoms with Crippen molar-refractivity contribution >= 4 is 30.4 Å². The summed E-state index contributed by atoms with van der Waals surface area (Å²) >= 11 is 0. The number of carboxylic acids is 1. The molecule has 0 saturated heterocycles. The van der Waals surface area contributed by atoms with Crippen LogP contribution in [0.15, 0.2) is 73.1 Å². The van der Waals surface area contributed by atoms with E-state index in [1.54, 1.807) is 12.4 Å². The minimum Gasteiger partial charge on any atom is -0.480 e. The number of amides is 1. The highest BCUT2D eigenvalue weighted by Gasteiger charge is 2.36. The van der Waals surface area contributed by atoms with Crippen LogP contribution in [0, 0.1) is 0 Å². The minimum atomic E-state index is -1.02. The van der Waals surface area contributed by atoms with Gasteiger partial charge in [0.25, 0.3) is 0 Å². The Morgan fingerprint density at radius 2 is 1.73 bits per heavy atom. The quantitative estimate of drug-likeness (QED) is 0.638. The van der Waals surface area contributed by atoms with E-state index in [9.17, 15) is 14.7 Å². The first-order chi connectivity index (χ1) is 14.1. The molecule has 1 aromatic heterocycles. The molecule has 1 amide bonds. The molecule has 1 aliphatic heterocycles. The predicted octanol–water partition coefficient (Wildman–Crippen LogP) is 3.40. The van der Waals surface area contributed by atoms with Crippen molar-refractivity contribution in [3.8, 4) is 0 Å². The predicted molar refractivity (Wildman–Crippen MR) is 116 cm³/mol. The number of carboxylic acid groups (broad SMARTS) is 1. The van der Waals surface area contributed by atoms with Gasteiger partial charge < -0.3 is 14.6 Å². The third kappa shape index (κ3) is 4.60. The largest absolute Gasteiger partial charge is 0.480 e. The first-order valence-electron chi connectivity index (χ1n) is 9.45. The molecular weight excluding hydrogens is 402 g/mol. The Kier molecular flexibility index (Phi) is 6.69. The van der Waals surface area contributed by atoms with Crippen LogP contribution in [0.25, 0.3) is 6.08 Å². The zero-order valence-corrected chi connectivity index (χ0v) is 17.0. The van der Waals surface area contributed by atoms with Crippen LogP contribution in [0.2, 0.25) is 0 Å². The zero-order chi connectivity index (χ0) is 20.2. The lowest BCUT2D eigenvalue weighted by atomic mass is 10.0. The molecule has 0 bridgehead atoms. The maximum atomic E-state index is 12.8.